The predicted octanol–water partition coefficient (Wildman–Crippen LogP) is 4.71. The molecule has 0 unspecified atom stereocenters. The number of nitrogens with zero attached hydrogens (tertiary/aromatic N) is 1. The minimum Gasteiger partial charge on any atom is -0.508 e. The van der Waals surface area contributed by atoms with Gasteiger partial charge < -0.3 is 40.6 Å². The third-order valence-corrected chi connectivity index (χ3v) is 7.04. The molecule has 0 aliphatic carbocycles. The molecule has 10 nitrogen and oxygen atoms in total. The van der Waals surface area contributed by atoms with Gasteiger partial charge in [0.15, 0.2) is 0 Å². The average molecular weight is 617 g/mol. The highest BCUT2D eigenvalue weighted by Crippen LogP contribution is 2.29. The van der Waals surface area contributed by atoms with Crippen molar-refractivity contribution in [2.24, 2.45) is 0 Å². The average Bonchev–Trinajstić information content (AvgIpc) is 2.99. The van der Waals surface area contributed by atoms with Crippen molar-refractivity contribution < 1.29 is 33.3 Å². The molecule has 2 atom stereocenters. The molecular formula is C31H38ClFN4O6. The number of anilines is 2. The van der Waals surface area contributed by atoms with E-state index in [4.69, 9.17) is 36.7 Å². The van der Waals surface area contributed by atoms with Gasteiger partial charge in [0.05, 0.1) is 42.1 Å². The van der Waals surface area contributed by atoms with Crippen molar-refractivity contribution in [3.63, 3.8) is 0 Å². The number of piperidine rings is 1. The highest BCUT2D eigenvalue weighted by Gasteiger charge is 2.31. The predicted molar refractivity (Wildman–Crippen MR) is 164 cm³/mol. The first-order valence-electron chi connectivity index (χ1n) is 13.7. The number of phenols is 1. The van der Waals surface area contributed by atoms with Crippen molar-refractivity contribution in [3.8, 4) is 17.2 Å². The van der Waals surface area contributed by atoms with Crippen LogP contribution >= 0.6 is 11.6 Å². The maximum absolute atomic E-state index is 12.9. The maximum Gasteiger partial charge on any atom is 0.255 e. The van der Waals surface area contributed by atoms with Gasteiger partial charge in [-0.3, -0.25) is 9.59 Å². The van der Waals surface area contributed by atoms with E-state index in [0.717, 1.165) is 25.9 Å². The van der Waals surface area contributed by atoms with E-state index in [1.807, 2.05) is 0 Å². The van der Waals surface area contributed by atoms with E-state index in [2.05, 4.69) is 15.5 Å². The second kappa shape index (κ2) is 16.5. The van der Waals surface area contributed by atoms with Crippen molar-refractivity contribution >= 4 is 34.8 Å². The Morgan fingerprint density at radius 2 is 1.81 bits per heavy atom. The van der Waals surface area contributed by atoms with Crippen molar-refractivity contribution in [3.05, 3.63) is 77.1 Å². The van der Waals surface area contributed by atoms with Crippen LogP contribution in [0.5, 0.6) is 17.2 Å². The molecule has 1 heterocycles. The van der Waals surface area contributed by atoms with Gasteiger partial charge in [-0.15, -0.1) is 0 Å². The first-order chi connectivity index (χ1) is 20.6. The lowest BCUT2D eigenvalue weighted by Crippen LogP contribution is -2.55. The van der Waals surface area contributed by atoms with Crippen LogP contribution < -0.4 is 25.8 Å². The number of amides is 2. The van der Waals surface area contributed by atoms with E-state index < -0.39 is 0 Å². The van der Waals surface area contributed by atoms with Gasteiger partial charge in [-0.25, -0.2) is 4.39 Å². The van der Waals surface area contributed by atoms with E-state index in [-0.39, 0.29) is 35.5 Å². The van der Waals surface area contributed by atoms with Gasteiger partial charge in [0.25, 0.3) is 5.91 Å². The number of ether oxygens (including phenoxy) is 3. The molecule has 1 fully saturated rings. The third kappa shape index (κ3) is 10.6. The summed E-state index contributed by atoms with van der Waals surface area (Å²) in [4.78, 5) is 25.7. The topological polar surface area (TPSA) is 135 Å². The van der Waals surface area contributed by atoms with Crippen LogP contribution in [0.2, 0.25) is 5.02 Å². The molecule has 2 amide bonds. The second-order valence-electron chi connectivity index (χ2n) is 9.90. The lowest BCUT2D eigenvalue weighted by molar-refractivity contribution is -0.114. The monoisotopic (exact) mass is 616 g/mol. The second-order valence-corrected chi connectivity index (χ2v) is 10.3. The minimum absolute atomic E-state index is 0.115. The summed E-state index contributed by atoms with van der Waals surface area (Å²) in [5.74, 6) is 0.542. The fourth-order valence-corrected chi connectivity index (χ4v) is 4.67. The van der Waals surface area contributed by atoms with Crippen LogP contribution in [0.15, 0.2) is 60.7 Å². The quantitative estimate of drug-likeness (QED) is 0.146. The van der Waals surface area contributed by atoms with Crippen molar-refractivity contribution in [1.82, 2.24) is 10.2 Å². The fraction of sp³-hybridized carbons (Fsp3) is 0.355. The van der Waals surface area contributed by atoms with Gasteiger partial charge in [-0.1, -0.05) is 11.6 Å². The Morgan fingerprint density at radius 3 is 2.44 bits per heavy atom. The molecule has 12 heteroatoms. The zero-order valence-corrected chi connectivity index (χ0v) is 25.2. The normalized spacial score (nSPS) is 16.4. The van der Waals surface area contributed by atoms with Crippen molar-refractivity contribution in [1.29, 1.82) is 0 Å². The highest BCUT2D eigenvalue weighted by molar-refractivity contribution is 6.33. The van der Waals surface area contributed by atoms with Gasteiger partial charge in [0.2, 0.25) is 5.91 Å². The summed E-state index contributed by atoms with van der Waals surface area (Å²) in [6.45, 7) is 4.33. The van der Waals surface area contributed by atoms with E-state index in [1.54, 1.807) is 37.4 Å². The molecule has 3 aromatic carbocycles. The van der Waals surface area contributed by atoms with Gasteiger partial charge >= 0.3 is 0 Å². The standard InChI is InChI=1S/C23H29ClFN3O4.C8H9NO2/c1-30-21-13-19(26)18(24)12-17(21)23(29)27-20-8-10-28(14-22(20)31-2)9-3-11-32-16-6-4-15(25)5-7-16;1-6(10)9-7-2-4-8(11)5-3-7/h4-7,12-13,20,22H,3,8-11,14,26H2,1-2H3,(H,27,29);2-5,11H,1H3,(H,9,10)/t20-,22+;/m0./s1. The summed E-state index contributed by atoms with van der Waals surface area (Å²) in [6.07, 6.45) is 1.42. The summed E-state index contributed by atoms with van der Waals surface area (Å²) in [5, 5.41) is 14.8. The number of nitrogens with two attached hydrogens (primary N) is 1. The summed E-state index contributed by atoms with van der Waals surface area (Å²) in [6, 6.07) is 15.2. The number of benzene rings is 3. The molecule has 232 valence electrons. The summed E-state index contributed by atoms with van der Waals surface area (Å²) in [5.41, 5.74) is 7.18. The number of carbonyl (C=O) groups excluding carboxylic acids is 2. The number of methoxy groups -OCH3 is 2. The Kier molecular flexibility index (Phi) is 12.9. The van der Waals surface area contributed by atoms with Crippen LogP contribution in [-0.4, -0.2) is 74.4 Å². The van der Waals surface area contributed by atoms with E-state index in [0.29, 0.717) is 46.6 Å². The smallest absolute Gasteiger partial charge is 0.255 e. The Labute approximate surface area is 255 Å². The van der Waals surface area contributed by atoms with Gasteiger partial charge in [-0.2, -0.15) is 0 Å². The zero-order valence-electron chi connectivity index (χ0n) is 24.4. The lowest BCUT2D eigenvalue weighted by atomic mass is 10.0. The molecule has 4 rings (SSSR count). The molecule has 1 saturated heterocycles. The zero-order chi connectivity index (χ0) is 31.4. The Balaban J connectivity index is 0.000000386. The van der Waals surface area contributed by atoms with Gasteiger partial charge in [0.1, 0.15) is 23.1 Å². The molecule has 0 saturated carbocycles. The molecular weight excluding hydrogens is 579 g/mol. The third-order valence-electron chi connectivity index (χ3n) is 6.71. The first-order valence-corrected chi connectivity index (χ1v) is 14.1. The number of hydrogen-bond donors (Lipinski definition) is 4. The molecule has 0 bridgehead atoms. The summed E-state index contributed by atoms with van der Waals surface area (Å²) >= 11 is 6.09. The fourth-order valence-electron chi connectivity index (χ4n) is 4.51. The molecule has 5 N–H and O–H groups in total. The number of halogens is 2. The van der Waals surface area contributed by atoms with Crippen LogP contribution in [0.4, 0.5) is 15.8 Å². The first kappa shape index (κ1) is 33.4. The van der Waals surface area contributed by atoms with Crippen LogP contribution in [0.1, 0.15) is 30.1 Å². The highest BCUT2D eigenvalue weighted by atomic mass is 35.5. The van der Waals surface area contributed by atoms with Gasteiger partial charge in [-0.05, 0) is 67.4 Å². The molecule has 1 aliphatic heterocycles. The summed E-state index contributed by atoms with van der Waals surface area (Å²) < 4.78 is 29.5. The number of rotatable bonds is 10. The number of likely N-dealkylation sites (tertiary alicyclic amines) is 1. The van der Waals surface area contributed by atoms with Crippen LogP contribution in [-0.2, 0) is 9.53 Å². The molecule has 1 aliphatic rings. The van der Waals surface area contributed by atoms with Crippen molar-refractivity contribution in [2.75, 3.05) is 51.5 Å². The van der Waals surface area contributed by atoms with Crippen LogP contribution in [0.3, 0.4) is 0 Å². The number of aromatic hydroxyl groups is 1. The molecule has 0 aromatic heterocycles. The number of nitrogens with one attached hydrogen (secondary N) is 2. The van der Waals surface area contributed by atoms with E-state index in [1.165, 1.54) is 44.4 Å². The Bertz CT molecular complexity index is 1340. The van der Waals surface area contributed by atoms with Gasteiger partial charge in [0, 0.05) is 45.4 Å². The molecule has 3 aromatic rings. The lowest BCUT2D eigenvalue weighted by Gasteiger charge is -2.38. The maximum atomic E-state index is 12.9. The minimum atomic E-state index is -0.282. The van der Waals surface area contributed by atoms with E-state index in [9.17, 15) is 14.0 Å². The molecule has 0 spiro atoms. The Morgan fingerprint density at radius 1 is 1.12 bits per heavy atom. The summed E-state index contributed by atoms with van der Waals surface area (Å²) in [7, 11) is 3.13. The largest absolute Gasteiger partial charge is 0.508 e. The number of phenolic OH excluding ortho intramolecular Hbond substituents is 1. The molecule has 0 radical (unpaired) electrons. The Hall–Kier alpha value is -4.06. The SMILES string of the molecule is CC(=O)Nc1ccc(O)cc1.COc1cc(N)c(Cl)cc1C(=O)N[C@H]1CCN(CCCOc2ccc(F)cc2)C[C@H]1OC. The van der Waals surface area contributed by atoms with E-state index >= 15 is 0 Å². The van der Waals surface area contributed by atoms with Crippen LogP contribution in [0, 0.1) is 5.82 Å². The number of hydrogen-bond acceptors (Lipinski definition) is 8. The number of nitrogen functional groups attached to an aromatic ring is 1. The number of carbonyl (C=O) groups is 2. The van der Waals surface area contributed by atoms with Crippen molar-refractivity contribution in [2.45, 2.75) is 31.9 Å². The molecule has 43 heavy (non-hydrogen) atoms. The van der Waals surface area contributed by atoms with Crippen LogP contribution in [0.25, 0.3) is 0 Å².